The van der Waals surface area contributed by atoms with Crippen molar-refractivity contribution in [2.75, 3.05) is 6.61 Å². The van der Waals surface area contributed by atoms with Gasteiger partial charge in [0.25, 0.3) is 0 Å². The summed E-state index contributed by atoms with van der Waals surface area (Å²) in [5.74, 6) is 0.116. The Kier molecular flexibility index (Phi) is 12.6. The number of carbonyl (C=O) groups excluding carboxylic acids is 2. The van der Waals surface area contributed by atoms with Gasteiger partial charge >= 0.3 is 11.9 Å². The molecular formula is C22H33ClO4. The summed E-state index contributed by atoms with van der Waals surface area (Å²) in [6, 6.07) is 5.16. The molecule has 0 saturated carbocycles. The lowest BCUT2D eigenvalue weighted by Gasteiger charge is -2.06. The van der Waals surface area contributed by atoms with E-state index in [-0.39, 0.29) is 11.9 Å². The van der Waals surface area contributed by atoms with Crippen molar-refractivity contribution in [3.05, 3.63) is 28.8 Å². The van der Waals surface area contributed by atoms with Crippen LogP contribution in [0.2, 0.25) is 5.02 Å². The van der Waals surface area contributed by atoms with Crippen LogP contribution in [0.4, 0.5) is 0 Å². The molecule has 5 heteroatoms. The predicted octanol–water partition coefficient (Wildman–Crippen LogP) is 6.41. The normalized spacial score (nSPS) is 10.6. The first-order valence-electron chi connectivity index (χ1n) is 10.2. The highest BCUT2D eigenvalue weighted by atomic mass is 35.5. The molecule has 0 unspecified atom stereocenters. The number of carbonyl (C=O) groups is 2. The van der Waals surface area contributed by atoms with Gasteiger partial charge < -0.3 is 9.47 Å². The Morgan fingerprint density at radius 1 is 0.889 bits per heavy atom. The van der Waals surface area contributed by atoms with E-state index in [9.17, 15) is 9.59 Å². The van der Waals surface area contributed by atoms with Gasteiger partial charge in [-0.2, -0.15) is 0 Å². The molecule has 1 aromatic rings. The van der Waals surface area contributed by atoms with E-state index in [1.165, 1.54) is 25.7 Å². The third kappa shape index (κ3) is 11.7. The van der Waals surface area contributed by atoms with Crippen molar-refractivity contribution in [2.45, 2.75) is 84.5 Å². The summed E-state index contributed by atoms with van der Waals surface area (Å²) in [6.07, 6.45) is 10.1. The van der Waals surface area contributed by atoms with Crippen molar-refractivity contribution in [3.63, 3.8) is 0 Å². The second-order valence-corrected chi connectivity index (χ2v) is 7.34. The second kappa shape index (κ2) is 14.5. The van der Waals surface area contributed by atoms with Crippen molar-refractivity contribution < 1.29 is 19.1 Å². The molecule has 27 heavy (non-hydrogen) atoms. The van der Waals surface area contributed by atoms with E-state index in [1.807, 2.05) is 6.92 Å². The molecule has 0 saturated heterocycles. The fourth-order valence-electron chi connectivity index (χ4n) is 2.72. The predicted molar refractivity (Wildman–Crippen MR) is 109 cm³/mol. The largest absolute Gasteiger partial charge is 0.466 e. The Morgan fingerprint density at radius 2 is 1.52 bits per heavy atom. The maximum Gasteiger partial charge on any atom is 0.311 e. The maximum atomic E-state index is 11.8. The summed E-state index contributed by atoms with van der Waals surface area (Å²) >= 11 is 5.95. The molecule has 0 amide bonds. The summed E-state index contributed by atoms with van der Waals surface area (Å²) in [5, 5.41) is 0.651. The van der Waals surface area contributed by atoms with E-state index in [0.717, 1.165) is 31.2 Å². The molecule has 0 atom stereocenters. The van der Waals surface area contributed by atoms with Gasteiger partial charge in [0, 0.05) is 17.9 Å². The maximum absolute atomic E-state index is 11.8. The Bertz CT molecular complexity index is 571. The first kappa shape index (κ1) is 23.5. The first-order chi connectivity index (χ1) is 13.0. The van der Waals surface area contributed by atoms with E-state index in [0.29, 0.717) is 36.6 Å². The van der Waals surface area contributed by atoms with Crippen molar-refractivity contribution in [1.29, 1.82) is 0 Å². The van der Waals surface area contributed by atoms with Crippen LogP contribution >= 0.6 is 11.6 Å². The quantitative estimate of drug-likeness (QED) is 0.207. The summed E-state index contributed by atoms with van der Waals surface area (Å²) in [5.41, 5.74) is 0.876. The number of halogens is 1. The molecule has 0 spiro atoms. The Hall–Kier alpha value is -1.55. The molecule has 1 rings (SSSR count). The minimum atomic E-state index is -0.262. The number of esters is 2. The van der Waals surface area contributed by atoms with Gasteiger partial charge in [-0.3, -0.25) is 9.59 Å². The highest BCUT2D eigenvalue weighted by Gasteiger charge is 2.07. The van der Waals surface area contributed by atoms with Gasteiger partial charge in [-0.15, -0.1) is 0 Å². The van der Waals surface area contributed by atoms with Gasteiger partial charge in [0.15, 0.2) is 0 Å². The molecule has 0 aromatic heterocycles. The number of rotatable bonds is 14. The van der Waals surface area contributed by atoms with Gasteiger partial charge in [-0.25, -0.2) is 0 Å². The fourth-order valence-corrected chi connectivity index (χ4v) is 2.84. The molecule has 4 nitrogen and oxygen atoms in total. The molecule has 0 aliphatic heterocycles. The van der Waals surface area contributed by atoms with Gasteiger partial charge in [-0.05, 0) is 49.9 Å². The highest BCUT2D eigenvalue weighted by molar-refractivity contribution is 6.31. The average Bonchev–Trinajstić information content (AvgIpc) is 2.63. The molecule has 0 aliphatic rings. The molecule has 0 fully saturated rings. The number of aryl methyl sites for hydroxylation is 1. The molecule has 0 bridgehead atoms. The lowest BCUT2D eigenvalue weighted by atomic mass is 10.1. The van der Waals surface area contributed by atoms with E-state index < -0.39 is 0 Å². The number of benzene rings is 1. The SMILES string of the molecule is CCCCCCCCOC(=O)CCCCCC(=O)Oc1ccc(Cl)c(C)c1. The molecule has 152 valence electrons. The standard InChI is InChI=1S/C22H33ClO4/c1-3-4-5-6-7-11-16-26-21(24)12-9-8-10-13-22(25)27-19-14-15-20(23)18(2)17-19/h14-15,17H,3-13,16H2,1-2H3. The third-order valence-corrected chi connectivity index (χ3v) is 4.81. The van der Waals surface area contributed by atoms with E-state index in [2.05, 4.69) is 6.92 Å². The smallest absolute Gasteiger partial charge is 0.311 e. The summed E-state index contributed by atoms with van der Waals surface area (Å²) < 4.78 is 10.5. The van der Waals surface area contributed by atoms with E-state index in [4.69, 9.17) is 21.1 Å². The fraction of sp³-hybridized carbons (Fsp3) is 0.636. The topological polar surface area (TPSA) is 52.6 Å². The van der Waals surface area contributed by atoms with E-state index >= 15 is 0 Å². The van der Waals surface area contributed by atoms with Crippen molar-refractivity contribution in [2.24, 2.45) is 0 Å². The van der Waals surface area contributed by atoms with Crippen molar-refractivity contribution >= 4 is 23.5 Å². The van der Waals surface area contributed by atoms with Crippen LogP contribution in [0, 0.1) is 6.92 Å². The summed E-state index contributed by atoms with van der Waals surface area (Å²) in [7, 11) is 0. The van der Waals surface area contributed by atoms with Crippen LogP contribution in [-0.2, 0) is 14.3 Å². The highest BCUT2D eigenvalue weighted by Crippen LogP contribution is 2.21. The zero-order valence-corrected chi connectivity index (χ0v) is 17.5. The number of ether oxygens (including phenoxy) is 2. The van der Waals surface area contributed by atoms with Crippen molar-refractivity contribution in [1.82, 2.24) is 0 Å². The minimum absolute atomic E-state index is 0.136. The van der Waals surface area contributed by atoms with Crippen LogP contribution in [0.25, 0.3) is 0 Å². The Morgan fingerprint density at radius 3 is 2.22 bits per heavy atom. The lowest BCUT2D eigenvalue weighted by Crippen LogP contribution is -2.08. The van der Waals surface area contributed by atoms with Crippen molar-refractivity contribution in [3.8, 4) is 5.75 Å². The molecule has 0 radical (unpaired) electrons. The minimum Gasteiger partial charge on any atom is -0.466 e. The third-order valence-electron chi connectivity index (χ3n) is 4.38. The number of hydrogen-bond acceptors (Lipinski definition) is 4. The van der Waals surface area contributed by atoms with Crippen LogP contribution in [-0.4, -0.2) is 18.5 Å². The van der Waals surface area contributed by atoms with Crippen LogP contribution in [0.5, 0.6) is 5.75 Å². The molecular weight excluding hydrogens is 364 g/mol. The van der Waals surface area contributed by atoms with Gasteiger partial charge in [0.1, 0.15) is 5.75 Å². The van der Waals surface area contributed by atoms with Crippen LogP contribution in [0.3, 0.4) is 0 Å². The monoisotopic (exact) mass is 396 g/mol. The van der Waals surface area contributed by atoms with Gasteiger partial charge in [0.05, 0.1) is 6.61 Å². The zero-order chi connectivity index (χ0) is 19.9. The molecule has 0 aliphatic carbocycles. The zero-order valence-electron chi connectivity index (χ0n) is 16.7. The molecule has 0 heterocycles. The molecule has 1 aromatic carbocycles. The Labute approximate surface area is 168 Å². The number of hydrogen-bond donors (Lipinski definition) is 0. The average molecular weight is 397 g/mol. The second-order valence-electron chi connectivity index (χ2n) is 6.93. The Balaban J connectivity index is 2.00. The van der Waals surface area contributed by atoms with Crippen LogP contribution in [0.15, 0.2) is 18.2 Å². The molecule has 0 N–H and O–H groups in total. The van der Waals surface area contributed by atoms with Crippen LogP contribution < -0.4 is 4.74 Å². The number of unbranched alkanes of at least 4 members (excludes halogenated alkanes) is 7. The van der Waals surface area contributed by atoms with Crippen LogP contribution in [0.1, 0.15) is 83.1 Å². The van der Waals surface area contributed by atoms with Gasteiger partial charge in [-0.1, -0.05) is 57.0 Å². The summed E-state index contributed by atoms with van der Waals surface area (Å²) in [6.45, 7) is 4.59. The first-order valence-corrected chi connectivity index (χ1v) is 10.5. The summed E-state index contributed by atoms with van der Waals surface area (Å²) in [4.78, 5) is 23.5. The lowest BCUT2D eigenvalue weighted by molar-refractivity contribution is -0.143. The van der Waals surface area contributed by atoms with Gasteiger partial charge in [0.2, 0.25) is 0 Å². The van der Waals surface area contributed by atoms with E-state index in [1.54, 1.807) is 18.2 Å².